The Kier molecular flexibility index (Phi) is 5.28. The van der Waals surface area contributed by atoms with Crippen molar-refractivity contribution in [2.24, 2.45) is 0 Å². The number of ketones is 1. The Balaban J connectivity index is 2.11. The van der Waals surface area contributed by atoms with Crippen LogP contribution in [0, 0.1) is 0 Å². The van der Waals surface area contributed by atoms with Crippen molar-refractivity contribution in [2.45, 2.75) is 51.4 Å². The van der Waals surface area contributed by atoms with E-state index in [1.165, 1.54) is 24.8 Å². The number of hydrogen-bond acceptors (Lipinski definition) is 1. The molecular formula is C13H20O. The number of rotatable bonds is 6. The molecule has 1 aliphatic carbocycles. The summed E-state index contributed by atoms with van der Waals surface area (Å²) in [4.78, 5) is 11.1. The number of carbonyl (C=O) groups excluding carboxylic acids is 1. The van der Waals surface area contributed by atoms with Crippen LogP contribution >= 0.6 is 0 Å². The van der Waals surface area contributed by atoms with E-state index in [9.17, 15) is 4.79 Å². The summed E-state index contributed by atoms with van der Waals surface area (Å²) in [6, 6.07) is 0. The second-order valence-electron chi connectivity index (χ2n) is 4.01. The van der Waals surface area contributed by atoms with E-state index < -0.39 is 0 Å². The maximum Gasteiger partial charge on any atom is 0.155 e. The van der Waals surface area contributed by atoms with E-state index in [4.69, 9.17) is 0 Å². The average molecular weight is 192 g/mol. The molecule has 0 unspecified atom stereocenters. The van der Waals surface area contributed by atoms with Crippen molar-refractivity contribution in [2.75, 3.05) is 0 Å². The molecule has 0 aromatic heterocycles. The summed E-state index contributed by atoms with van der Waals surface area (Å²) >= 11 is 0. The number of allylic oxidation sites excluding steroid dienone is 3. The molecule has 0 fully saturated rings. The third-order valence-electron chi connectivity index (χ3n) is 2.69. The minimum Gasteiger partial charge on any atom is -0.295 e. The highest BCUT2D eigenvalue weighted by atomic mass is 16.1. The average Bonchev–Trinajstić information content (AvgIpc) is 2.18. The van der Waals surface area contributed by atoms with Gasteiger partial charge in [-0.05, 0) is 44.6 Å². The van der Waals surface area contributed by atoms with Gasteiger partial charge in [0.1, 0.15) is 0 Å². The first kappa shape index (κ1) is 11.2. The van der Waals surface area contributed by atoms with Crippen molar-refractivity contribution in [1.29, 1.82) is 0 Å². The van der Waals surface area contributed by atoms with Crippen molar-refractivity contribution in [1.82, 2.24) is 0 Å². The molecule has 0 amide bonds. The Hall–Kier alpha value is -0.850. The largest absolute Gasteiger partial charge is 0.295 e. The number of unbranched alkanes of at least 4 members (excludes halogenated alkanes) is 3. The van der Waals surface area contributed by atoms with E-state index in [1.54, 1.807) is 0 Å². The molecule has 14 heavy (non-hydrogen) atoms. The first-order valence-electron chi connectivity index (χ1n) is 5.66. The minimum absolute atomic E-state index is 0.331. The van der Waals surface area contributed by atoms with Gasteiger partial charge < -0.3 is 0 Å². The van der Waals surface area contributed by atoms with Gasteiger partial charge in [-0.2, -0.15) is 0 Å². The lowest BCUT2D eigenvalue weighted by Crippen LogP contribution is -2.02. The summed E-state index contributed by atoms with van der Waals surface area (Å²) in [5.74, 6) is 0.331. The molecular weight excluding hydrogens is 172 g/mol. The molecule has 0 saturated heterocycles. The van der Waals surface area contributed by atoms with Gasteiger partial charge in [-0.25, -0.2) is 0 Å². The summed E-state index contributed by atoms with van der Waals surface area (Å²) in [7, 11) is 0. The van der Waals surface area contributed by atoms with Gasteiger partial charge in [-0.1, -0.05) is 18.1 Å². The highest BCUT2D eigenvalue weighted by Gasteiger charge is 2.08. The van der Waals surface area contributed by atoms with E-state index in [2.05, 4.69) is 6.58 Å². The van der Waals surface area contributed by atoms with Crippen molar-refractivity contribution >= 4 is 5.78 Å². The zero-order valence-electron chi connectivity index (χ0n) is 8.93. The predicted molar refractivity (Wildman–Crippen MR) is 60.2 cm³/mol. The SMILES string of the molecule is C=CCCCCCC1=CC(=O)CCC1. The highest BCUT2D eigenvalue weighted by molar-refractivity contribution is 5.91. The third-order valence-corrected chi connectivity index (χ3v) is 2.69. The molecule has 0 saturated carbocycles. The molecule has 0 heterocycles. The third kappa shape index (κ3) is 4.40. The molecule has 0 bridgehead atoms. The van der Waals surface area contributed by atoms with Crippen LogP contribution in [-0.2, 0) is 4.79 Å². The lowest BCUT2D eigenvalue weighted by Gasteiger charge is -2.11. The first-order valence-corrected chi connectivity index (χ1v) is 5.66. The van der Waals surface area contributed by atoms with Crippen LogP contribution in [0.5, 0.6) is 0 Å². The van der Waals surface area contributed by atoms with Gasteiger partial charge in [0.25, 0.3) is 0 Å². The molecule has 0 spiro atoms. The Morgan fingerprint density at radius 1 is 1.29 bits per heavy atom. The van der Waals surface area contributed by atoms with Gasteiger partial charge >= 0.3 is 0 Å². The van der Waals surface area contributed by atoms with E-state index in [1.807, 2.05) is 12.2 Å². The quantitative estimate of drug-likeness (QED) is 0.462. The minimum atomic E-state index is 0.331. The molecule has 1 aliphatic rings. The van der Waals surface area contributed by atoms with Gasteiger partial charge in [-0.3, -0.25) is 4.79 Å². The molecule has 0 aromatic carbocycles. The smallest absolute Gasteiger partial charge is 0.155 e. The van der Waals surface area contributed by atoms with Crippen molar-refractivity contribution in [3.05, 3.63) is 24.3 Å². The second kappa shape index (κ2) is 6.58. The summed E-state index contributed by atoms with van der Waals surface area (Å²) in [5.41, 5.74) is 1.37. The molecule has 1 nitrogen and oxygen atoms in total. The molecule has 0 atom stereocenters. The van der Waals surface area contributed by atoms with Gasteiger partial charge in [-0.15, -0.1) is 6.58 Å². The van der Waals surface area contributed by atoms with Crippen LogP contribution in [0.3, 0.4) is 0 Å². The van der Waals surface area contributed by atoms with Crippen LogP contribution < -0.4 is 0 Å². The van der Waals surface area contributed by atoms with Crippen molar-refractivity contribution in [3.63, 3.8) is 0 Å². The summed E-state index contributed by atoms with van der Waals surface area (Å²) in [6.07, 6.45) is 12.8. The molecule has 1 heteroatoms. The van der Waals surface area contributed by atoms with Gasteiger partial charge in [0, 0.05) is 6.42 Å². The Labute approximate surface area is 86.9 Å². The Morgan fingerprint density at radius 3 is 2.86 bits per heavy atom. The van der Waals surface area contributed by atoms with Crippen LogP contribution in [0.1, 0.15) is 51.4 Å². The molecule has 0 aromatic rings. The number of carbonyl (C=O) groups is 1. The fourth-order valence-electron chi connectivity index (χ4n) is 1.88. The Morgan fingerprint density at radius 2 is 2.14 bits per heavy atom. The predicted octanol–water partition coefficient (Wildman–Crippen LogP) is 3.80. The van der Waals surface area contributed by atoms with Crippen LogP contribution in [0.2, 0.25) is 0 Å². The lowest BCUT2D eigenvalue weighted by atomic mass is 9.94. The molecule has 0 radical (unpaired) electrons. The maximum atomic E-state index is 11.1. The first-order chi connectivity index (χ1) is 6.83. The normalized spacial score (nSPS) is 16.6. The fraction of sp³-hybridized carbons (Fsp3) is 0.615. The van der Waals surface area contributed by atoms with Crippen molar-refractivity contribution in [3.8, 4) is 0 Å². The van der Waals surface area contributed by atoms with E-state index >= 15 is 0 Å². The monoisotopic (exact) mass is 192 g/mol. The van der Waals surface area contributed by atoms with Crippen LogP contribution in [0.4, 0.5) is 0 Å². The Bertz CT molecular complexity index is 225. The molecule has 0 aliphatic heterocycles. The zero-order chi connectivity index (χ0) is 10.2. The van der Waals surface area contributed by atoms with Gasteiger partial charge in [0.15, 0.2) is 5.78 Å². The fourth-order valence-corrected chi connectivity index (χ4v) is 1.88. The van der Waals surface area contributed by atoms with Gasteiger partial charge in [0.05, 0.1) is 0 Å². The summed E-state index contributed by atoms with van der Waals surface area (Å²) in [5, 5.41) is 0. The van der Waals surface area contributed by atoms with E-state index in [0.717, 1.165) is 32.1 Å². The zero-order valence-corrected chi connectivity index (χ0v) is 8.93. The van der Waals surface area contributed by atoms with Crippen LogP contribution in [0.15, 0.2) is 24.3 Å². The van der Waals surface area contributed by atoms with Crippen LogP contribution in [0.25, 0.3) is 0 Å². The van der Waals surface area contributed by atoms with Crippen LogP contribution in [-0.4, -0.2) is 5.78 Å². The van der Waals surface area contributed by atoms with E-state index in [0.29, 0.717) is 5.78 Å². The maximum absolute atomic E-state index is 11.1. The topological polar surface area (TPSA) is 17.1 Å². The van der Waals surface area contributed by atoms with Crippen molar-refractivity contribution < 1.29 is 4.79 Å². The second-order valence-corrected chi connectivity index (χ2v) is 4.01. The molecule has 1 rings (SSSR count). The standard InChI is InChI=1S/C13H20O/c1-2-3-4-5-6-8-12-9-7-10-13(14)11-12/h2,11H,1,3-10H2. The van der Waals surface area contributed by atoms with Gasteiger partial charge in [0.2, 0.25) is 0 Å². The molecule has 0 N–H and O–H groups in total. The lowest BCUT2D eigenvalue weighted by molar-refractivity contribution is -0.115. The van der Waals surface area contributed by atoms with E-state index in [-0.39, 0.29) is 0 Å². The summed E-state index contributed by atoms with van der Waals surface area (Å²) < 4.78 is 0. The molecule has 78 valence electrons. The number of hydrogen-bond donors (Lipinski definition) is 0. The summed E-state index contributed by atoms with van der Waals surface area (Å²) in [6.45, 7) is 3.70. The highest BCUT2D eigenvalue weighted by Crippen LogP contribution is 2.20.